The second-order valence-corrected chi connectivity index (χ2v) is 4.88. The minimum atomic E-state index is -0.202. The van der Waals surface area contributed by atoms with Crippen LogP contribution in [0.4, 0.5) is 5.82 Å². The first-order chi connectivity index (χ1) is 10.7. The predicted molar refractivity (Wildman–Crippen MR) is 83.2 cm³/mol. The summed E-state index contributed by atoms with van der Waals surface area (Å²) in [5, 5.41) is 0.798. The van der Waals surface area contributed by atoms with Crippen molar-refractivity contribution in [1.82, 2.24) is 24.8 Å². The van der Waals surface area contributed by atoms with Crippen LogP contribution >= 0.6 is 0 Å². The van der Waals surface area contributed by atoms with Gasteiger partial charge >= 0.3 is 0 Å². The van der Waals surface area contributed by atoms with Crippen molar-refractivity contribution in [3.05, 3.63) is 42.6 Å². The van der Waals surface area contributed by atoms with Crippen LogP contribution in [0.15, 0.2) is 42.6 Å². The van der Waals surface area contributed by atoms with Gasteiger partial charge in [0.1, 0.15) is 0 Å². The number of hydrogen-bond donors (Lipinski definition) is 2. The van der Waals surface area contributed by atoms with E-state index in [0.29, 0.717) is 11.6 Å². The van der Waals surface area contributed by atoms with Gasteiger partial charge in [0.25, 0.3) is 0 Å². The summed E-state index contributed by atoms with van der Waals surface area (Å²) in [4.78, 5) is 24.6. The van der Waals surface area contributed by atoms with Crippen LogP contribution in [-0.2, 0) is 4.79 Å². The lowest BCUT2D eigenvalue weighted by Gasteiger charge is -2.09. The highest BCUT2D eigenvalue weighted by molar-refractivity contribution is 5.93. The number of carbonyl (C=O) groups is 1. The molecule has 3 aromatic heterocycles. The number of nitrogens with one attached hydrogen (secondary N) is 2. The SMILES string of the molecule is CC(=O)NNc1nc2nc3ccccc3n2c2ncccc12. The number of amides is 1. The number of benzene rings is 1. The number of rotatable bonds is 2. The lowest BCUT2D eigenvalue weighted by atomic mass is 10.3. The van der Waals surface area contributed by atoms with Gasteiger partial charge in [0.05, 0.1) is 16.4 Å². The first kappa shape index (κ1) is 12.5. The zero-order valence-electron chi connectivity index (χ0n) is 11.7. The van der Waals surface area contributed by atoms with Gasteiger partial charge in [0, 0.05) is 13.1 Å². The normalized spacial score (nSPS) is 11.1. The molecule has 0 aliphatic rings. The van der Waals surface area contributed by atoms with Crippen molar-refractivity contribution < 1.29 is 4.79 Å². The van der Waals surface area contributed by atoms with Gasteiger partial charge in [-0.1, -0.05) is 12.1 Å². The Morgan fingerprint density at radius 1 is 1.14 bits per heavy atom. The second kappa shape index (κ2) is 4.66. The molecule has 0 saturated carbocycles. The summed E-state index contributed by atoms with van der Waals surface area (Å²) >= 11 is 0. The summed E-state index contributed by atoms with van der Waals surface area (Å²) in [6.07, 6.45) is 1.72. The van der Waals surface area contributed by atoms with E-state index in [0.717, 1.165) is 22.1 Å². The largest absolute Gasteiger partial charge is 0.281 e. The molecule has 22 heavy (non-hydrogen) atoms. The van der Waals surface area contributed by atoms with E-state index < -0.39 is 0 Å². The van der Waals surface area contributed by atoms with E-state index in [1.165, 1.54) is 6.92 Å². The molecule has 4 rings (SSSR count). The molecule has 2 N–H and O–H groups in total. The van der Waals surface area contributed by atoms with Crippen LogP contribution in [0.25, 0.3) is 27.8 Å². The van der Waals surface area contributed by atoms with Gasteiger partial charge in [-0.05, 0) is 24.3 Å². The monoisotopic (exact) mass is 292 g/mol. The molecule has 1 aromatic carbocycles. The third kappa shape index (κ3) is 1.83. The van der Waals surface area contributed by atoms with Crippen LogP contribution in [0.3, 0.4) is 0 Å². The van der Waals surface area contributed by atoms with Crippen molar-refractivity contribution in [3.63, 3.8) is 0 Å². The van der Waals surface area contributed by atoms with Crippen molar-refractivity contribution in [3.8, 4) is 0 Å². The fourth-order valence-corrected chi connectivity index (χ4v) is 2.46. The predicted octanol–water partition coefficient (Wildman–Crippen LogP) is 1.89. The standard InChI is InChI=1S/C15H12N6O/c1-9(22)19-20-13-10-5-4-8-16-14(10)21-12-7-3-2-6-11(12)17-15(21)18-13/h2-8H,1H3,(H,19,22)(H,17,18,20). The molecule has 0 aliphatic heterocycles. The summed E-state index contributed by atoms with van der Waals surface area (Å²) in [5.41, 5.74) is 7.88. The highest BCUT2D eigenvalue weighted by Crippen LogP contribution is 2.24. The second-order valence-electron chi connectivity index (χ2n) is 4.88. The van der Waals surface area contributed by atoms with E-state index in [1.54, 1.807) is 6.20 Å². The molecule has 0 unspecified atom stereocenters. The number of imidazole rings is 1. The fourth-order valence-electron chi connectivity index (χ4n) is 2.46. The topological polar surface area (TPSA) is 84.2 Å². The van der Waals surface area contributed by atoms with Crippen LogP contribution in [0, 0.1) is 0 Å². The number of aromatic nitrogens is 4. The Morgan fingerprint density at radius 3 is 2.86 bits per heavy atom. The number of hydrazine groups is 1. The molecule has 108 valence electrons. The van der Waals surface area contributed by atoms with Gasteiger partial charge in [-0.25, -0.2) is 9.97 Å². The van der Waals surface area contributed by atoms with Gasteiger partial charge in [0.2, 0.25) is 11.7 Å². The van der Waals surface area contributed by atoms with Gasteiger partial charge in [0.15, 0.2) is 11.5 Å². The Hall–Kier alpha value is -3.22. The number of nitrogens with zero attached hydrogens (tertiary/aromatic N) is 4. The molecular formula is C15H12N6O. The molecule has 7 nitrogen and oxygen atoms in total. The number of fused-ring (bicyclic) bond motifs is 5. The van der Waals surface area contributed by atoms with E-state index in [-0.39, 0.29) is 5.91 Å². The smallest absolute Gasteiger partial charge is 0.238 e. The number of para-hydroxylation sites is 2. The maximum absolute atomic E-state index is 11.1. The van der Waals surface area contributed by atoms with Crippen molar-refractivity contribution in [2.75, 3.05) is 5.43 Å². The highest BCUT2D eigenvalue weighted by Gasteiger charge is 2.13. The van der Waals surface area contributed by atoms with E-state index >= 15 is 0 Å². The average Bonchev–Trinajstić information content (AvgIpc) is 2.91. The lowest BCUT2D eigenvalue weighted by Crippen LogP contribution is -2.27. The van der Waals surface area contributed by atoms with E-state index in [9.17, 15) is 4.79 Å². The number of hydrogen-bond acceptors (Lipinski definition) is 5. The maximum atomic E-state index is 11.1. The molecule has 4 aromatic rings. The molecule has 0 spiro atoms. The van der Waals surface area contributed by atoms with Gasteiger partial charge in [-0.3, -0.25) is 20.0 Å². The van der Waals surface area contributed by atoms with Crippen molar-refractivity contribution in [2.45, 2.75) is 6.92 Å². The van der Waals surface area contributed by atoms with Gasteiger partial charge in [-0.2, -0.15) is 4.98 Å². The van der Waals surface area contributed by atoms with Crippen LogP contribution < -0.4 is 10.9 Å². The third-order valence-corrected chi connectivity index (χ3v) is 3.37. The van der Waals surface area contributed by atoms with Gasteiger partial charge in [-0.15, -0.1) is 0 Å². The molecule has 3 heterocycles. The quantitative estimate of drug-likeness (QED) is 0.551. The molecule has 0 fully saturated rings. The Labute approximate surface area is 125 Å². The number of anilines is 1. The maximum Gasteiger partial charge on any atom is 0.238 e. The molecule has 0 aliphatic carbocycles. The van der Waals surface area contributed by atoms with Crippen molar-refractivity contribution in [2.24, 2.45) is 0 Å². The van der Waals surface area contributed by atoms with Crippen molar-refractivity contribution >= 4 is 39.6 Å². The summed E-state index contributed by atoms with van der Waals surface area (Å²) in [6.45, 7) is 1.43. The molecule has 1 amide bonds. The van der Waals surface area contributed by atoms with Crippen molar-refractivity contribution in [1.29, 1.82) is 0 Å². The molecule has 7 heteroatoms. The molecular weight excluding hydrogens is 280 g/mol. The summed E-state index contributed by atoms with van der Waals surface area (Å²) in [6, 6.07) is 11.5. The summed E-state index contributed by atoms with van der Waals surface area (Å²) in [7, 11) is 0. The Kier molecular flexibility index (Phi) is 2.65. The third-order valence-electron chi connectivity index (χ3n) is 3.37. The van der Waals surface area contributed by atoms with E-state index in [4.69, 9.17) is 0 Å². The lowest BCUT2D eigenvalue weighted by molar-refractivity contribution is -0.118. The Balaban J connectivity index is 2.08. The molecule has 0 radical (unpaired) electrons. The average molecular weight is 292 g/mol. The van der Waals surface area contributed by atoms with E-state index in [2.05, 4.69) is 25.8 Å². The van der Waals surface area contributed by atoms with Crippen LogP contribution in [0.5, 0.6) is 0 Å². The summed E-state index contributed by atoms with van der Waals surface area (Å²) < 4.78 is 1.91. The van der Waals surface area contributed by atoms with Crippen LogP contribution in [-0.4, -0.2) is 25.3 Å². The first-order valence-corrected chi connectivity index (χ1v) is 6.78. The molecule has 0 saturated heterocycles. The summed E-state index contributed by atoms with van der Waals surface area (Å²) in [5.74, 6) is 0.841. The first-order valence-electron chi connectivity index (χ1n) is 6.78. The van der Waals surface area contributed by atoms with Gasteiger partial charge < -0.3 is 0 Å². The number of carbonyl (C=O) groups excluding carboxylic acids is 1. The van der Waals surface area contributed by atoms with Crippen LogP contribution in [0.1, 0.15) is 6.92 Å². The highest BCUT2D eigenvalue weighted by atomic mass is 16.2. The zero-order chi connectivity index (χ0) is 15.1. The minimum Gasteiger partial charge on any atom is -0.281 e. The number of pyridine rings is 1. The molecule has 0 atom stereocenters. The molecule has 0 bridgehead atoms. The van der Waals surface area contributed by atoms with E-state index in [1.807, 2.05) is 40.8 Å². The van der Waals surface area contributed by atoms with Crippen LogP contribution in [0.2, 0.25) is 0 Å². The fraction of sp³-hybridized carbons (Fsp3) is 0.0667. The Morgan fingerprint density at radius 2 is 2.00 bits per heavy atom. The minimum absolute atomic E-state index is 0.202. The Bertz CT molecular complexity index is 1020. The zero-order valence-corrected chi connectivity index (χ0v) is 11.7.